The maximum Gasteiger partial charge on any atom is 0.317 e. The molecule has 0 bridgehead atoms. The molecule has 1 heterocycles. The van der Waals surface area contributed by atoms with Gasteiger partial charge in [0.1, 0.15) is 11.7 Å². The lowest BCUT2D eigenvalue weighted by molar-refractivity contribution is -0.150. The molecule has 1 aliphatic heterocycles. The number of fused-ring (bicyclic) bond motifs is 1. The number of carbonyl (C=O) groups is 2. The first-order chi connectivity index (χ1) is 11.9. The van der Waals surface area contributed by atoms with E-state index in [1.165, 1.54) is 11.4 Å². The summed E-state index contributed by atoms with van der Waals surface area (Å²) in [4.78, 5) is 23.9. The zero-order valence-electron chi connectivity index (χ0n) is 14.1. The second-order valence-corrected chi connectivity index (χ2v) is 7.99. The second-order valence-electron chi connectivity index (χ2n) is 6.08. The minimum Gasteiger partial charge on any atom is -0.468 e. The number of carbonyl (C=O) groups excluding carboxylic acids is 2. The van der Waals surface area contributed by atoms with Crippen molar-refractivity contribution in [1.29, 1.82) is 0 Å². The van der Waals surface area contributed by atoms with Gasteiger partial charge >= 0.3 is 5.97 Å². The summed E-state index contributed by atoms with van der Waals surface area (Å²) in [5.41, 5.74) is 0.982. The number of hydrogen-bond donors (Lipinski definition) is 0. The van der Waals surface area contributed by atoms with E-state index in [4.69, 9.17) is 0 Å². The van der Waals surface area contributed by atoms with E-state index >= 15 is 0 Å². The van der Waals surface area contributed by atoms with Gasteiger partial charge in [0.15, 0.2) is 0 Å². The molecule has 0 amide bonds. The molecular weight excluding hydrogens is 342 g/mol. The average molecular weight is 361 g/mol. The normalized spacial score (nSPS) is 19.1. The number of rotatable bonds is 3. The Hall–Kier alpha value is -2.25. The van der Waals surface area contributed by atoms with Gasteiger partial charge in [-0.2, -0.15) is 4.31 Å². The van der Waals surface area contributed by atoms with Crippen LogP contribution in [0, 0.1) is 12.8 Å². The number of hydrogen-bond acceptors (Lipinski definition) is 5. The Bertz CT molecular complexity index is 943. The second kappa shape index (κ2) is 6.57. The van der Waals surface area contributed by atoms with Crippen molar-refractivity contribution >= 4 is 32.5 Å². The van der Waals surface area contributed by atoms with Crippen LogP contribution < -0.4 is 0 Å². The molecule has 7 heteroatoms. The standard InChI is InChI=1S/C18H19NO5S/c1-12-5-3-7-14-13(12)6-4-8-17(14)25(22,23)19-10-9-16(20)15(11-19)18(21)24-2/h3-8,15H,9-11H2,1-2H3. The van der Waals surface area contributed by atoms with Crippen LogP contribution in [0.3, 0.4) is 0 Å². The van der Waals surface area contributed by atoms with Crippen molar-refractivity contribution in [3.8, 4) is 0 Å². The van der Waals surface area contributed by atoms with Crippen LogP contribution in [-0.4, -0.2) is 44.7 Å². The number of ketones is 1. The fourth-order valence-corrected chi connectivity index (χ4v) is 4.84. The molecule has 0 N–H and O–H groups in total. The van der Waals surface area contributed by atoms with Crippen molar-refractivity contribution in [1.82, 2.24) is 4.31 Å². The highest BCUT2D eigenvalue weighted by atomic mass is 32.2. The minimum absolute atomic E-state index is 0.00277. The van der Waals surface area contributed by atoms with E-state index in [0.29, 0.717) is 5.39 Å². The molecule has 0 aliphatic carbocycles. The molecule has 25 heavy (non-hydrogen) atoms. The topological polar surface area (TPSA) is 80.8 Å². The molecule has 3 rings (SSSR count). The molecule has 1 saturated heterocycles. The fraction of sp³-hybridized carbons (Fsp3) is 0.333. The van der Waals surface area contributed by atoms with Crippen LogP contribution in [0.25, 0.3) is 10.8 Å². The SMILES string of the molecule is COC(=O)C1CN(S(=O)(=O)c2cccc3c(C)cccc23)CCC1=O. The summed E-state index contributed by atoms with van der Waals surface area (Å²) in [6, 6.07) is 10.6. The van der Waals surface area contributed by atoms with Crippen LogP contribution in [0.2, 0.25) is 0 Å². The van der Waals surface area contributed by atoms with Gasteiger partial charge in [-0.25, -0.2) is 8.42 Å². The Balaban J connectivity index is 2.04. The average Bonchev–Trinajstić information content (AvgIpc) is 2.61. The highest BCUT2D eigenvalue weighted by molar-refractivity contribution is 7.89. The van der Waals surface area contributed by atoms with Gasteiger partial charge in [0.2, 0.25) is 10.0 Å². The van der Waals surface area contributed by atoms with Crippen molar-refractivity contribution in [2.45, 2.75) is 18.2 Å². The van der Waals surface area contributed by atoms with E-state index in [2.05, 4.69) is 4.74 Å². The summed E-state index contributed by atoms with van der Waals surface area (Å²) in [5.74, 6) is -2.05. The molecule has 0 radical (unpaired) electrons. The van der Waals surface area contributed by atoms with Crippen LogP contribution in [-0.2, 0) is 24.3 Å². The molecule has 1 fully saturated rings. The summed E-state index contributed by atoms with van der Waals surface area (Å²) in [6.07, 6.45) is 0.00277. The van der Waals surface area contributed by atoms with E-state index in [9.17, 15) is 18.0 Å². The summed E-state index contributed by atoms with van der Waals surface area (Å²) in [6.45, 7) is 1.80. The van der Waals surface area contributed by atoms with E-state index in [1.54, 1.807) is 18.2 Å². The summed E-state index contributed by atoms with van der Waals surface area (Å²) in [7, 11) is -2.64. The Morgan fingerprint density at radius 1 is 1.16 bits per heavy atom. The molecule has 1 unspecified atom stereocenters. The number of nitrogens with zero attached hydrogens (tertiary/aromatic N) is 1. The summed E-state index contributed by atoms with van der Waals surface area (Å²) in [5, 5.41) is 1.50. The third-order valence-corrected chi connectivity index (χ3v) is 6.51. The van der Waals surface area contributed by atoms with Crippen LogP contribution in [0.1, 0.15) is 12.0 Å². The lowest BCUT2D eigenvalue weighted by Gasteiger charge is -2.30. The molecule has 0 spiro atoms. The Morgan fingerprint density at radius 2 is 1.84 bits per heavy atom. The van der Waals surface area contributed by atoms with Gasteiger partial charge in [-0.1, -0.05) is 30.3 Å². The third-order valence-electron chi connectivity index (χ3n) is 4.59. The maximum atomic E-state index is 13.1. The van der Waals surface area contributed by atoms with Crippen LogP contribution in [0.5, 0.6) is 0 Å². The van der Waals surface area contributed by atoms with Gasteiger partial charge in [-0.3, -0.25) is 9.59 Å². The van der Waals surface area contributed by atoms with Crippen LogP contribution in [0.15, 0.2) is 41.3 Å². The van der Waals surface area contributed by atoms with Crippen molar-refractivity contribution in [3.05, 3.63) is 42.0 Å². The fourth-order valence-electron chi connectivity index (χ4n) is 3.17. The van der Waals surface area contributed by atoms with E-state index < -0.39 is 21.9 Å². The van der Waals surface area contributed by atoms with Crippen LogP contribution >= 0.6 is 0 Å². The zero-order valence-corrected chi connectivity index (χ0v) is 14.9. The molecule has 0 saturated carbocycles. The van der Waals surface area contributed by atoms with E-state index in [0.717, 1.165) is 10.9 Å². The van der Waals surface area contributed by atoms with Gasteiger partial charge in [0, 0.05) is 24.9 Å². The molecule has 2 aromatic carbocycles. The molecular formula is C18H19NO5S. The zero-order chi connectivity index (χ0) is 18.2. The minimum atomic E-state index is -3.83. The van der Waals surface area contributed by atoms with Crippen molar-refractivity contribution < 1.29 is 22.7 Å². The first-order valence-electron chi connectivity index (χ1n) is 7.95. The molecule has 1 atom stereocenters. The molecule has 0 aromatic heterocycles. The monoisotopic (exact) mass is 361 g/mol. The number of benzene rings is 2. The number of ether oxygens (including phenoxy) is 1. The predicted molar refractivity (Wildman–Crippen MR) is 92.6 cm³/mol. The van der Waals surface area contributed by atoms with Crippen LogP contribution in [0.4, 0.5) is 0 Å². The third kappa shape index (κ3) is 3.05. The van der Waals surface area contributed by atoms with Crippen molar-refractivity contribution in [2.75, 3.05) is 20.2 Å². The maximum absolute atomic E-state index is 13.1. The number of esters is 1. The molecule has 1 aliphatic rings. The Labute approximate surface area is 146 Å². The highest BCUT2D eigenvalue weighted by Gasteiger charge is 2.39. The number of Topliss-reactive ketones (excluding diaryl/α,β-unsaturated/α-hetero) is 1. The predicted octanol–water partition coefficient (Wildman–Crippen LogP) is 1.90. The molecule has 2 aromatic rings. The molecule has 132 valence electrons. The number of aryl methyl sites for hydroxylation is 1. The number of piperidine rings is 1. The van der Waals surface area contributed by atoms with Gasteiger partial charge in [-0.15, -0.1) is 0 Å². The van der Waals surface area contributed by atoms with Gasteiger partial charge in [-0.05, 0) is 23.9 Å². The Morgan fingerprint density at radius 3 is 2.56 bits per heavy atom. The first-order valence-corrected chi connectivity index (χ1v) is 9.39. The molecule has 6 nitrogen and oxygen atoms in total. The smallest absolute Gasteiger partial charge is 0.317 e. The van der Waals surface area contributed by atoms with Gasteiger partial charge in [0.25, 0.3) is 0 Å². The number of sulfonamides is 1. The van der Waals surface area contributed by atoms with Crippen molar-refractivity contribution in [3.63, 3.8) is 0 Å². The largest absolute Gasteiger partial charge is 0.468 e. The van der Waals surface area contributed by atoms with E-state index in [-0.39, 0.29) is 30.2 Å². The van der Waals surface area contributed by atoms with Gasteiger partial charge < -0.3 is 4.74 Å². The van der Waals surface area contributed by atoms with E-state index in [1.807, 2.05) is 25.1 Å². The summed E-state index contributed by atoms with van der Waals surface area (Å²) < 4.78 is 32.1. The number of methoxy groups -OCH3 is 1. The lowest BCUT2D eigenvalue weighted by Crippen LogP contribution is -2.47. The highest BCUT2D eigenvalue weighted by Crippen LogP contribution is 2.29. The quantitative estimate of drug-likeness (QED) is 0.616. The van der Waals surface area contributed by atoms with Gasteiger partial charge in [0.05, 0.1) is 12.0 Å². The Kier molecular flexibility index (Phi) is 4.62. The lowest BCUT2D eigenvalue weighted by atomic mass is 9.98. The van der Waals surface area contributed by atoms with Crippen molar-refractivity contribution in [2.24, 2.45) is 5.92 Å². The first kappa shape index (κ1) is 17.6. The summed E-state index contributed by atoms with van der Waals surface area (Å²) >= 11 is 0.